The van der Waals surface area contributed by atoms with Crippen LogP contribution in [0.2, 0.25) is 0 Å². The maximum atomic E-state index is 13.0. The number of benzene rings is 3. The zero-order chi connectivity index (χ0) is 24.5. The van der Waals surface area contributed by atoms with Crippen molar-refractivity contribution in [3.8, 4) is 11.5 Å². The number of anilines is 2. The lowest BCUT2D eigenvalue weighted by molar-refractivity contribution is -0.140. The Morgan fingerprint density at radius 2 is 0.941 bits per heavy atom. The lowest BCUT2D eigenvalue weighted by atomic mass is 10.1. The first-order valence-electron chi connectivity index (χ1n) is 9.94. The van der Waals surface area contributed by atoms with Gasteiger partial charge in [-0.2, -0.15) is 0 Å². The molecule has 0 saturated heterocycles. The fraction of sp³-hybridized carbons (Fsp3) is 0.0833. The molecule has 0 saturated carbocycles. The lowest BCUT2D eigenvalue weighted by Crippen LogP contribution is -2.21. The van der Waals surface area contributed by atoms with Crippen LogP contribution in [0.3, 0.4) is 0 Å². The summed E-state index contributed by atoms with van der Waals surface area (Å²) >= 11 is 0. The monoisotopic (exact) mass is 464 g/mol. The Bertz CT molecular complexity index is 1130. The van der Waals surface area contributed by atoms with Gasteiger partial charge in [0.15, 0.2) is 13.2 Å². The first kappa shape index (κ1) is 23.8. The molecule has 0 aromatic heterocycles. The highest BCUT2D eigenvalue weighted by molar-refractivity contribution is 6.15. The van der Waals surface area contributed by atoms with E-state index in [1.165, 1.54) is 36.4 Å². The van der Waals surface area contributed by atoms with Crippen molar-refractivity contribution in [1.82, 2.24) is 0 Å². The molecule has 0 radical (unpaired) electrons. The summed E-state index contributed by atoms with van der Waals surface area (Å²) in [4.78, 5) is 47.5. The van der Waals surface area contributed by atoms with Gasteiger partial charge in [-0.3, -0.25) is 9.59 Å². The van der Waals surface area contributed by atoms with Crippen molar-refractivity contribution in [2.24, 2.45) is 0 Å². The van der Waals surface area contributed by atoms with Gasteiger partial charge in [0.05, 0.1) is 22.5 Å². The van der Waals surface area contributed by atoms with Crippen LogP contribution in [0.15, 0.2) is 72.8 Å². The third-order valence-electron chi connectivity index (χ3n) is 4.39. The highest BCUT2D eigenvalue weighted by atomic mass is 16.5. The topological polar surface area (TPSA) is 151 Å². The number of aliphatic carboxylic acids is 2. The summed E-state index contributed by atoms with van der Waals surface area (Å²) < 4.78 is 10.4. The molecule has 4 N–H and O–H groups in total. The minimum atomic E-state index is -1.17. The average Bonchev–Trinajstić information content (AvgIpc) is 2.82. The van der Waals surface area contributed by atoms with Crippen LogP contribution in [0.5, 0.6) is 11.5 Å². The first-order chi connectivity index (χ1) is 16.3. The fourth-order valence-corrected chi connectivity index (χ4v) is 2.93. The number of amides is 2. The summed E-state index contributed by atoms with van der Waals surface area (Å²) in [6.07, 6.45) is 0. The van der Waals surface area contributed by atoms with E-state index in [4.69, 9.17) is 19.7 Å². The van der Waals surface area contributed by atoms with Gasteiger partial charge in [0, 0.05) is 0 Å². The van der Waals surface area contributed by atoms with Gasteiger partial charge in [0.2, 0.25) is 0 Å². The van der Waals surface area contributed by atoms with E-state index in [0.717, 1.165) is 0 Å². The van der Waals surface area contributed by atoms with Crippen molar-refractivity contribution in [1.29, 1.82) is 0 Å². The van der Waals surface area contributed by atoms with Crippen LogP contribution in [0.1, 0.15) is 20.7 Å². The summed E-state index contributed by atoms with van der Waals surface area (Å²) in [6, 6.07) is 18.7. The van der Waals surface area contributed by atoms with Crippen molar-refractivity contribution in [3.05, 3.63) is 83.9 Å². The molecule has 10 heteroatoms. The van der Waals surface area contributed by atoms with Crippen LogP contribution in [0, 0.1) is 0 Å². The van der Waals surface area contributed by atoms with E-state index in [0.29, 0.717) is 0 Å². The van der Waals surface area contributed by atoms with Gasteiger partial charge >= 0.3 is 11.9 Å². The van der Waals surface area contributed by atoms with Gasteiger partial charge in [0.25, 0.3) is 11.8 Å². The van der Waals surface area contributed by atoms with Crippen LogP contribution in [-0.2, 0) is 9.59 Å². The number of carbonyl (C=O) groups excluding carboxylic acids is 2. The highest BCUT2D eigenvalue weighted by Gasteiger charge is 2.19. The van der Waals surface area contributed by atoms with Crippen molar-refractivity contribution >= 4 is 35.1 Å². The Hall–Kier alpha value is -4.86. The predicted molar refractivity (Wildman–Crippen MR) is 121 cm³/mol. The largest absolute Gasteiger partial charge is 0.480 e. The predicted octanol–water partition coefficient (Wildman–Crippen LogP) is 3.12. The minimum absolute atomic E-state index is 0.0528. The maximum Gasteiger partial charge on any atom is 0.341 e. The van der Waals surface area contributed by atoms with Crippen LogP contribution < -0.4 is 20.1 Å². The third-order valence-corrected chi connectivity index (χ3v) is 4.39. The minimum Gasteiger partial charge on any atom is -0.480 e. The molecule has 0 fully saturated rings. The quantitative estimate of drug-likeness (QED) is 0.357. The maximum absolute atomic E-state index is 13.0. The number of para-hydroxylation sites is 4. The van der Waals surface area contributed by atoms with E-state index in [9.17, 15) is 19.2 Å². The smallest absolute Gasteiger partial charge is 0.341 e. The summed E-state index contributed by atoms with van der Waals surface area (Å²) in [7, 11) is 0. The molecule has 3 aromatic rings. The molecule has 3 aromatic carbocycles. The third kappa shape index (κ3) is 6.33. The zero-order valence-electron chi connectivity index (χ0n) is 17.7. The Labute approximate surface area is 193 Å². The van der Waals surface area contributed by atoms with Gasteiger partial charge in [-0.15, -0.1) is 0 Å². The van der Waals surface area contributed by atoms with Crippen molar-refractivity contribution in [2.45, 2.75) is 0 Å². The van der Waals surface area contributed by atoms with E-state index >= 15 is 0 Å². The van der Waals surface area contributed by atoms with Crippen LogP contribution in [0.4, 0.5) is 11.4 Å². The van der Waals surface area contributed by atoms with Crippen LogP contribution in [-0.4, -0.2) is 47.2 Å². The number of hydrogen-bond donors (Lipinski definition) is 4. The van der Waals surface area contributed by atoms with Gasteiger partial charge in [-0.05, 0) is 36.4 Å². The van der Waals surface area contributed by atoms with E-state index in [1.807, 2.05) is 0 Å². The molecule has 0 atom stereocenters. The molecule has 0 heterocycles. The zero-order valence-corrected chi connectivity index (χ0v) is 17.7. The molecular weight excluding hydrogens is 444 g/mol. The Morgan fingerprint density at radius 3 is 1.32 bits per heavy atom. The number of carboxylic acid groups (broad SMARTS) is 2. The van der Waals surface area contributed by atoms with Gasteiger partial charge in [0.1, 0.15) is 11.5 Å². The number of carboxylic acids is 2. The molecule has 0 bridgehead atoms. The molecule has 2 amide bonds. The number of hydrogen-bond acceptors (Lipinski definition) is 6. The van der Waals surface area contributed by atoms with Crippen LogP contribution >= 0.6 is 0 Å². The van der Waals surface area contributed by atoms with E-state index < -0.39 is 37.0 Å². The standard InChI is InChI=1S/C24H20N2O8/c27-21(28)13-33-19-11-5-3-9-17(19)25-23(31)15-7-1-2-8-16(15)24(32)26-18-10-4-6-12-20(18)34-14-22(29)30/h1-12H,13-14H2,(H,25,31)(H,26,32)(H,27,28)(H,29,30). The molecule has 0 aliphatic rings. The number of nitrogens with one attached hydrogen (secondary N) is 2. The lowest BCUT2D eigenvalue weighted by Gasteiger charge is -2.14. The molecule has 3 rings (SSSR count). The SMILES string of the molecule is O=C(O)COc1ccccc1NC(=O)c1ccccc1C(=O)Nc1ccccc1OCC(=O)O. The second-order valence-electron chi connectivity index (χ2n) is 6.81. The Kier molecular flexibility index (Phi) is 7.79. The van der Waals surface area contributed by atoms with Gasteiger partial charge in [-0.1, -0.05) is 36.4 Å². The van der Waals surface area contributed by atoms with Crippen molar-refractivity contribution in [2.75, 3.05) is 23.8 Å². The normalized spacial score (nSPS) is 10.1. The number of rotatable bonds is 10. The summed E-state index contributed by atoms with van der Waals surface area (Å²) in [5.41, 5.74) is 0.571. The van der Waals surface area contributed by atoms with Gasteiger partial charge < -0.3 is 30.3 Å². The summed E-state index contributed by atoms with van der Waals surface area (Å²) in [6.45, 7) is -1.18. The summed E-state index contributed by atoms with van der Waals surface area (Å²) in [5, 5.41) is 22.9. The van der Waals surface area contributed by atoms with Crippen LogP contribution in [0.25, 0.3) is 0 Å². The average molecular weight is 464 g/mol. The fourth-order valence-electron chi connectivity index (χ4n) is 2.93. The van der Waals surface area contributed by atoms with Gasteiger partial charge in [-0.25, -0.2) is 9.59 Å². The molecule has 0 aliphatic carbocycles. The highest BCUT2D eigenvalue weighted by Crippen LogP contribution is 2.27. The second kappa shape index (κ2) is 11.1. The Morgan fingerprint density at radius 1 is 0.588 bits per heavy atom. The van der Waals surface area contributed by atoms with E-state index in [1.54, 1.807) is 36.4 Å². The summed E-state index contributed by atoms with van der Waals surface area (Å²) in [5.74, 6) is -3.26. The van der Waals surface area contributed by atoms with Crippen molar-refractivity contribution < 1.29 is 38.9 Å². The van der Waals surface area contributed by atoms with E-state index in [-0.39, 0.29) is 34.0 Å². The molecule has 34 heavy (non-hydrogen) atoms. The molecule has 0 unspecified atom stereocenters. The number of ether oxygens (including phenoxy) is 2. The molecule has 0 spiro atoms. The Balaban J connectivity index is 1.81. The second-order valence-corrected chi connectivity index (χ2v) is 6.81. The van der Waals surface area contributed by atoms with Crippen molar-refractivity contribution in [3.63, 3.8) is 0 Å². The molecule has 0 aliphatic heterocycles. The molecule has 10 nitrogen and oxygen atoms in total. The molecule has 174 valence electrons. The number of carbonyl (C=O) groups is 4. The first-order valence-corrected chi connectivity index (χ1v) is 9.94. The molecular formula is C24H20N2O8. The van der Waals surface area contributed by atoms with E-state index in [2.05, 4.69) is 10.6 Å².